The molecule has 0 spiro atoms. The maximum absolute atomic E-state index is 11.9. The van der Waals surface area contributed by atoms with Crippen molar-refractivity contribution in [1.82, 2.24) is 14.9 Å². The van der Waals surface area contributed by atoms with E-state index in [1.54, 1.807) is 0 Å². The lowest BCUT2D eigenvalue weighted by Gasteiger charge is -2.15. The molecule has 4 nitrogen and oxygen atoms in total. The van der Waals surface area contributed by atoms with Gasteiger partial charge in [-0.25, -0.2) is 4.98 Å². The Morgan fingerprint density at radius 3 is 2.86 bits per heavy atom. The minimum atomic E-state index is -0.0403. The summed E-state index contributed by atoms with van der Waals surface area (Å²) >= 11 is 1.43. The lowest BCUT2D eigenvalue weighted by Crippen LogP contribution is -2.23. The van der Waals surface area contributed by atoms with Gasteiger partial charge < -0.3 is 4.98 Å². The molecule has 0 atom stereocenters. The maximum Gasteiger partial charge on any atom is 0.268 e. The molecule has 0 unspecified atom stereocenters. The van der Waals surface area contributed by atoms with E-state index in [1.807, 2.05) is 24.6 Å². The minimum Gasteiger partial charge on any atom is -0.308 e. The Morgan fingerprint density at radius 1 is 1.24 bits per heavy atom. The number of aromatic nitrogens is 2. The van der Waals surface area contributed by atoms with Crippen molar-refractivity contribution < 1.29 is 0 Å². The predicted molar refractivity (Wildman–Crippen MR) is 86.7 cm³/mol. The van der Waals surface area contributed by atoms with Crippen molar-refractivity contribution in [3.05, 3.63) is 63.5 Å². The van der Waals surface area contributed by atoms with Gasteiger partial charge in [0.05, 0.1) is 12.1 Å². The van der Waals surface area contributed by atoms with Gasteiger partial charge in [-0.1, -0.05) is 30.3 Å². The van der Waals surface area contributed by atoms with E-state index in [2.05, 4.69) is 39.1 Å². The van der Waals surface area contributed by atoms with E-state index in [4.69, 9.17) is 0 Å². The van der Waals surface area contributed by atoms with Crippen LogP contribution in [0, 0.1) is 0 Å². The summed E-state index contributed by atoms with van der Waals surface area (Å²) in [5, 5.41) is 1.90. The Bertz CT molecular complexity index is 779. The molecule has 2 aromatic heterocycles. The topological polar surface area (TPSA) is 49.0 Å². The fourth-order valence-corrected chi connectivity index (χ4v) is 3.02. The van der Waals surface area contributed by atoms with Gasteiger partial charge in [0.15, 0.2) is 0 Å². The smallest absolute Gasteiger partial charge is 0.268 e. The van der Waals surface area contributed by atoms with Crippen molar-refractivity contribution in [2.45, 2.75) is 13.0 Å². The standard InChI is InChI=1S/C16H17N3OS/c1-19(9-7-12-5-3-2-4-6-12)11-14-17-13-8-10-21-15(13)16(20)18-14/h2-6,8,10H,7,9,11H2,1H3,(H,17,18,20). The second-order valence-electron chi connectivity index (χ2n) is 5.12. The fourth-order valence-electron chi connectivity index (χ4n) is 2.30. The number of likely N-dealkylation sites (N-methyl/N-ethyl adjacent to an activating group) is 1. The maximum atomic E-state index is 11.9. The molecule has 1 aromatic carbocycles. The zero-order valence-corrected chi connectivity index (χ0v) is 12.7. The Balaban J connectivity index is 1.66. The second-order valence-corrected chi connectivity index (χ2v) is 6.04. The number of rotatable bonds is 5. The molecule has 108 valence electrons. The van der Waals surface area contributed by atoms with E-state index in [-0.39, 0.29) is 5.56 Å². The third-order valence-corrected chi connectivity index (χ3v) is 4.31. The number of hydrogen-bond donors (Lipinski definition) is 1. The van der Waals surface area contributed by atoms with Crippen molar-refractivity contribution in [3.63, 3.8) is 0 Å². The van der Waals surface area contributed by atoms with E-state index in [1.165, 1.54) is 16.9 Å². The molecule has 3 aromatic rings. The number of thiophene rings is 1. The van der Waals surface area contributed by atoms with Crippen molar-refractivity contribution in [1.29, 1.82) is 0 Å². The normalized spacial score (nSPS) is 11.3. The molecule has 1 N–H and O–H groups in total. The van der Waals surface area contributed by atoms with Crippen LogP contribution in [0.3, 0.4) is 0 Å². The number of aromatic amines is 1. The predicted octanol–water partition coefficient (Wildman–Crippen LogP) is 2.66. The highest BCUT2D eigenvalue weighted by Gasteiger charge is 2.07. The number of hydrogen-bond acceptors (Lipinski definition) is 4. The van der Waals surface area contributed by atoms with Gasteiger partial charge in [0.2, 0.25) is 0 Å². The molecule has 3 rings (SSSR count). The van der Waals surface area contributed by atoms with Crippen LogP contribution in [0.15, 0.2) is 46.6 Å². The highest BCUT2D eigenvalue weighted by atomic mass is 32.1. The van der Waals surface area contributed by atoms with Crippen LogP contribution in [-0.4, -0.2) is 28.5 Å². The van der Waals surface area contributed by atoms with Crippen LogP contribution in [0.25, 0.3) is 10.2 Å². The van der Waals surface area contributed by atoms with E-state index in [0.29, 0.717) is 11.2 Å². The van der Waals surface area contributed by atoms with Gasteiger partial charge in [0.1, 0.15) is 10.5 Å². The van der Waals surface area contributed by atoms with Crippen LogP contribution in [-0.2, 0) is 13.0 Å². The molecule has 5 heteroatoms. The first-order valence-corrected chi connectivity index (χ1v) is 7.79. The van der Waals surface area contributed by atoms with Gasteiger partial charge >= 0.3 is 0 Å². The molecule has 0 radical (unpaired) electrons. The van der Waals surface area contributed by atoms with E-state index < -0.39 is 0 Å². The van der Waals surface area contributed by atoms with Crippen molar-refractivity contribution in [2.24, 2.45) is 0 Å². The average Bonchev–Trinajstić information content (AvgIpc) is 2.95. The quantitative estimate of drug-likeness (QED) is 0.788. The molecule has 0 bridgehead atoms. The van der Waals surface area contributed by atoms with E-state index in [0.717, 1.165) is 24.3 Å². The number of benzene rings is 1. The third kappa shape index (κ3) is 3.37. The van der Waals surface area contributed by atoms with Crippen LogP contribution < -0.4 is 5.56 Å². The number of nitrogens with zero attached hydrogens (tertiary/aromatic N) is 2. The van der Waals surface area contributed by atoms with Crippen LogP contribution in [0.1, 0.15) is 11.4 Å². The zero-order chi connectivity index (χ0) is 14.7. The molecule has 0 amide bonds. The third-order valence-electron chi connectivity index (χ3n) is 3.41. The first kappa shape index (κ1) is 14.0. The van der Waals surface area contributed by atoms with Gasteiger partial charge in [0, 0.05) is 6.54 Å². The number of H-pyrrole nitrogens is 1. The molecule has 0 saturated heterocycles. The largest absolute Gasteiger partial charge is 0.308 e. The molecule has 0 aliphatic rings. The summed E-state index contributed by atoms with van der Waals surface area (Å²) in [5.74, 6) is 0.724. The molecular formula is C16H17N3OS. The van der Waals surface area contributed by atoms with Crippen molar-refractivity contribution in [3.8, 4) is 0 Å². The molecule has 0 saturated carbocycles. The zero-order valence-electron chi connectivity index (χ0n) is 11.9. The molecule has 0 aliphatic carbocycles. The number of nitrogens with one attached hydrogen (secondary N) is 1. The fraction of sp³-hybridized carbons (Fsp3) is 0.250. The monoisotopic (exact) mass is 299 g/mol. The molecule has 21 heavy (non-hydrogen) atoms. The first-order chi connectivity index (χ1) is 10.2. The SMILES string of the molecule is CN(CCc1ccccc1)Cc1nc2ccsc2c(=O)[nH]1. The average molecular weight is 299 g/mol. The Morgan fingerprint density at radius 2 is 2.05 bits per heavy atom. The minimum absolute atomic E-state index is 0.0403. The lowest BCUT2D eigenvalue weighted by atomic mass is 10.1. The van der Waals surface area contributed by atoms with Crippen LogP contribution in [0.4, 0.5) is 0 Å². The molecule has 0 aliphatic heterocycles. The van der Waals surface area contributed by atoms with Crippen LogP contribution in [0.2, 0.25) is 0 Å². The van der Waals surface area contributed by atoms with Gasteiger partial charge in [-0.2, -0.15) is 0 Å². The highest BCUT2D eigenvalue weighted by Crippen LogP contribution is 2.14. The summed E-state index contributed by atoms with van der Waals surface area (Å²) in [7, 11) is 2.04. The van der Waals surface area contributed by atoms with Crippen LogP contribution >= 0.6 is 11.3 Å². The Kier molecular flexibility index (Phi) is 4.13. The molecule has 2 heterocycles. The number of fused-ring (bicyclic) bond motifs is 1. The summed E-state index contributed by atoms with van der Waals surface area (Å²) in [6.07, 6.45) is 0.988. The van der Waals surface area contributed by atoms with E-state index in [9.17, 15) is 4.79 Å². The van der Waals surface area contributed by atoms with Gasteiger partial charge in [-0.15, -0.1) is 11.3 Å². The Labute approximate surface area is 127 Å². The first-order valence-electron chi connectivity index (χ1n) is 6.91. The summed E-state index contributed by atoms with van der Waals surface area (Å²) in [6, 6.07) is 12.3. The molecular weight excluding hydrogens is 282 g/mol. The lowest BCUT2D eigenvalue weighted by molar-refractivity contribution is 0.322. The Hall–Kier alpha value is -1.98. The summed E-state index contributed by atoms with van der Waals surface area (Å²) in [5.41, 5.74) is 2.07. The van der Waals surface area contributed by atoms with Gasteiger partial charge in [0.25, 0.3) is 5.56 Å². The second kappa shape index (κ2) is 6.20. The summed E-state index contributed by atoms with van der Waals surface area (Å²) in [6.45, 7) is 1.57. The van der Waals surface area contributed by atoms with Crippen molar-refractivity contribution >= 4 is 21.6 Å². The van der Waals surface area contributed by atoms with Gasteiger partial charge in [-0.3, -0.25) is 9.69 Å². The molecule has 0 fully saturated rings. The van der Waals surface area contributed by atoms with Gasteiger partial charge in [-0.05, 0) is 30.5 Å². The highest BCUT2D eigenvalue weighted by molar-refractivity contribution is 7.17. The summed E-state index contributed by atoms with van der Waals surface area (Å²) < 4.78 is 0.700. The summed E-state index contributed by atoms with van der Waals surface area (Å²) in [4.78, 5) is 21.5. The van der Waals surface area contributed by atoms with E-state index >= 15 is 0 Å². The van der Waals surface area contributed by atoms with Crippen LogP contribution in [0.5, 0.6) is 0 Å². The van der Waals surface area contributed by atoms with Crippen molar-refractivity contribution in [2.75, 3.05) is 13.6 Å².